The highest BCUT2D eigenvalue weighted by Gasteiger charge is 2.24. The van der Waals surface area contributed by atoms with Crippen molar-refractivity contribution in [2.24, 2.45) is 0 Å². The fraction of sp³-hybridized carbons (Fsp3) is 0.211. The molecule has 2 heterocycles. The third-order valence-corrected chi connectivity index (χ3v) is 4.19. The molecular weight excluding hydrogens is 337 g/mol. The first-order chi connectivity index (χ1) is 12.7. The number of amides is 1. The van der Waals surface area contributed by atoms with Crippen LogP contribution in [0.1, 0.15) is 34.7 Å². The molecule has 6 nitrogen and oxygen atoms in total. The van der Waals surface area contributed by atoms with Crippen LogP contribution in [0.4, 0.5) is 10.2 Å². The Balaban J connectivity index is 1.43. The summed E-state index contributed by atoms with van der Waals surface area (Å²) in [5.74, 6) is 0.920. The Labute approximate surface area is 149 Å². The molecule has 0 saturated heterocycles. The van der Waals surface area contributed by atoms with E-state index >= 15 is 0 Å². The number of aryl methyl sites for hydroxylation is 1. The van der Waals surface area contributed by atoms with Gasteiger partial charge in [-0.3, -0.25) is 4.79 Å². The molecule has 0 bridgehead atoms. The molecule has 4 rings (SSSR count). The molecule has 0 spiro atoms. The number of hydrogen-bond acceptors (Lipinski definition) is 5. The van der Waals surface area contributed by atoms with Crippen LogP contribution in [0.5, 0.6) is 11.5 Å². The number of rotatable bonds is 4. The number of ether oxygens (including phenoxy) is 1. The molecule has 3 aromatic rings. The summed E-state index contributed by atoms with van der Waals surface area (Å²) in [7, 11) is 0. The lowest BCUT2D eigenvalue weighted by atomic mass is 9.96. The zero-order valence-corrected chi connectivity index (χ0v) is 13.9. The lowest BCUT2D eigenvalue weighted by Gasteiger charge is -2.09. The predicted octanol–water partition coefficient (Wildman–Crippen LogP) is 4.13. The molecule has 7 heteroatoms. The molecule has 0 saturated carbocycles. The van der Waals surface area contributed by atoms with Gasteiger partial charge in [-0.2, -0.15) is 0 Å². The molecular formula is C19H16FN3O3. The first-order valence-corrected chi connectivity index (χ1v) is 8.37. The lowest BCUT2D eigenvalue weighted by molar-refractivity contribution is 0.0986. The van der Waals surface area contributed by atoms with Crippen molar-refractivity contribution in [1.82, 2.24) is 10.1 Å². The van der Waals surface area contributed by atoms with E-state index in [1.54, 1.807) is 12.1 Å². The Kier molecular flexibility index (Phi) is 4.35. The highest BCUT2D eigenvalue weighted by molar-refractivity contribution is 6.02. The highest BCUT2D eigenvalue weighted by atomic mass is 19.1. The summed E-state index contributed by atoms with van der Waals surface area (Å²) < 4.78 is 23.7. The minimum atomic E-state index is -0.361. The van der Waals surface area contributed by atoms with Crippen LogP contribution in [0, 0.1) is 5.82 Å². The topological polar surface area (TPSA) is 77.2 Å². The zero-order chi connectivity index (χ0) is 17.9. The fourth-order valence-corrected chi connectivity index (χ4v) is 2.90. The van der Waals surface area contributed by atoms with Gasteiger partial charge < -0.3 is 14.6 Å². The first-order valence-electron chi connectivity index (χ1n) is 8.37. The minimum absolute atomic E-state index is 0.258. The smallest absolute Gasteiger partial charge is 0.295 e. The van der Waals surface area contributed by atoms with Gasteiger partial charge in [0.1, 0.15) is 23.1 Å². The van der Waals surface area contributed by atoms with Crippen LogP contribution >= 0.6 is 0 Å². The number of benzene rings is 1. The van der Waals surface area contributed by atoms with Crippen LogP contribution in [0.3, 0.4) is 0 Å². The summed E-state index contributed by atoms with van der Waals surface area (Å²) in [6, 6.07) is 8.97. The number of anilines is 1. The zero-order valence-electron chi connectivity index (χ0n) is 13.9. The Morgan fingerprint density at radius 2 is 1.85 bits per heavy atom. The van der Waals surface area contributed by atoms with Gasteiger partial charge in [0.05, 0.1) is 11.9 Å². The number of halogens is 1. The maximum Gasteiger partial charge on any atom is 0.295 e. The number of fused-ring (bicyclic) bond motifs is 1. The van der Waals surface area contributed by atoms with E-state index in [4.69, 9.17) is 9.26 Å². The maximum absolute atomic E-state index is 12.9. The van der Waals surface area contributed by atoms with Gasteiger partial charge in [0.25, 0.3) is 5.91 Å². The third kappa shape index (κ3) is 3.42. The second kappa shape index (κ2) is 6.95. The highest BCUT2D eigenvalue weighted by Crippen LogP contribution is 2.25. The van der Waals surface area contributed by atoms with E-state index in [9.17, 15) is 9.18 Å². The van der Waals surface area contributed by atoms with Crippen molar-refractivity contribution in [3.8, 4) is 11.5 Å². The van der Waals surface area contributed by atoms with Crippen molar-refractivity contribution >= 4 is 11.7 Å². The summed E-state index contributed by atoms with van der Waals surface area (Å²) in [6.07, 6.45) is 5.23. The summed E-state index contributed by atoms with van der Waals surface area (Å²) in [5.41, 5.74) is 1.77. The first kappa shape index (κ1) is 16.3. The van der Waals surface area contributed by atoms with Crippen LogP contribution in [-0.2, 0) is 12.8 Å². The van der Waals surface area contributed by atoms with Crippen LogP contribution in [0.15, 0.2) is 47.1 Å². The van der Waals surface area contributed by atoms with Crippen molar-refractivity contribution in [2.75, 3.05) is 5.32 Å². The van der Waals surface area contributed by atoms with Gasteiger partial charge in [0.2, 0.25) is 5.76 Å². The van der Waals surface area contributed by atoms with Crippen LogP contribution in [-0.4, -0.2) is 16.0 Å². The predicted molar refractivity (Wildman–Crippen MR) is 91.8 cm³/mol. The van der Waals surface area contributed by atoms with E-state index in [0.29, 0.717) is 17.3 Å². The number of carbonyl (C=O) groups is 1. The third-order valence-electron chi connectivity index (χ3n) is 4.19. The normalized spacial score (nSPS) is 13.1. The van der Waals surface area contributed by atoms with Gasteiger partial charge in [-0.25, -0.2) is 9.37 Å². The van der Waals surface area contributed by atoms with E-state index in [2.05, 4.69) is 15.5 Å². The molecule has 0 atom stereocenters. The number of nitrogens with one attached hydrogen (secondary N) is 1. The standard InChI is InChI=1S/C19H16FN3O3/c20-12-5-7-13(8-6-12)25-14-9-10-17(21-11-14)22-19(24)18-15-3-1-2-4-16(15)23-26-18/h5-11H,1-4H2,(H,21,22,24). The van der Waals surface area contributed by atoms with Crippen molar-refractivity contribution < 1.29 is 18.4 Å². The average molecular weight is 353 g/mol. The number of nitrogens with zero attached hydrogens (tertiary/aromatic N) is 2. The van der Waals surface area contributed by atoms with Gasteiger partial charge >= 0.3 is 0 Å². The molecule has 26 heavy (non-hydrogen) atoms. The number of aromatic nitrogens is 2. The molecule has 0 radical (unpaired) electrons. The molecule has 0 fully saturated rings. The summed E-state index contributed by atoms with van der Waals surface area (Å²) in [5, 5.41) is 6.69. The molecule has 1 N–H and O–H groups in total. The van der Waals surface area contributed by atoms with Crippen LogP contribution < -0.4 is 10.1 Å². The minimum Gasteiger partial charge on any atom is -0.456 e. The van der Waals surface area contributed by atoms with E-state index in [0.717, 1.165) is 36.9 Å². The number of pyridine rings is 1. The molecule has 132 valence electrons. The summed E-state index contributed by atoms with van der Waals surface area (Å²) >= 11 is 0. The Bertz CT molecular complexity index is 920. The maximum atomic E-state index is 12.9. The number of carbonyl (C=O) groups excluding carboxylic acids is 1. The quantitative estimate of drug-likeness (QED) is 0.763. The molecule has 1 amide bonds. The molecule has 0 aliphatic heterocycles. The summed E-state index contributed by atoms with van der Waals surface area (Å²) in [6.45, 7) is 0. The van der Waals surface area contributed by atoms with Gasteiger partial charge in [-0.15, -0.1) is 0 Å². The van der Waals surface area contributed by atoms with E-state index in [-0.39, 0.29) is 17.5 Å². The van der Waals surface area contributed by atoms with E-state index in [1.807, 2.05) is 0 Å². The van der Waals surface area contributed by atoms with Gasteiger partial charge in [-0.1, -0.05) is 5.16 Å². The Morgan fingerprint density at radius 1 is 1.08 bits per heavy atom. The molecule has 1 aliphatic rings. The second-order valence-corrected chi connectivity index (χ2v) is 6.03. The Morgan fingerprint density at radius 3 is 2.62 bits per heavy atom. The fourth-order valence-electron chi connectivity index (χ4n) is 2.90. The van der Waals surface area contributed by atoms with E-state index in [1.165, 1.54) is 30.5 Å². The monoisotopic (exact) mass is 353 g/mol. The van der Waals surface area contributed by atoms with Crippen molar-refractivity contribution in [3.63, 3.8) is 0 Å². The average Bonchev–Trinajstić information content (AvgIpc) is 3.09. The van der Waals surface area contributed by atoms with Gasteiger partial charge in [0.15, 0.2) is 0 Å². The van der Waals surface area contributed by atoms with Crippen LogP contribution in [0.25, 0.3) is 0 Å². The van der Waals surface area contributed by atoms with Gasteiger partial charge in [0, 0.05) is 5.56 Å². The van der Waals surface area contributed by atoms with E-state index < -0.39 is 0 Å². The van der Waals surface area contributed by atoms with Crippen LogP contribution in [0.2, 0.25) is 0 Å². The molecule has 1 aromatic carbocycles. The van der Waals surface area contributed by atoms with Crippen molar-refractivity contribution in [3.05, 3.63) is 65.4 Å². The molecule has 0 unspecified atom stereocenters. The second-order valence-electron chi connectivity index (χ2n) is 6.03. The lowest BCUT2D eigenvalue weighted by Crippen LogP contribution is -2.15. The number of hydrogen-bond donors (Lipinski definition) is 1. The Hall–Kier alpha value is -3.22. The van der Waals surface area contributed by atoms with Crippen molar-refractivity contribution in [1.29, 1.82) is 0 Å². The largest absolute Gasteiger partial charge is 0.456 e. The SMILES string of the molecule is O=C(Nc1ccc(Oc2ccc(F)cc2)cn1)c1onc2c1CCCC2. The summed E-state index contributed by atoms with van der Waals surface area (Å²) in [4.78, 5) is 16.6. The van der Waals surface area contributed by atoms with Gasteiger partial charge in [-0.05, 0) is 62.1 Å². The molecule has 1 aliphatic carbocycles. The van der Waals surface area contributed by atoms with Crippen molar-refractivity contribution in [2.45, 2.75) is 25.7 Å². The molecule has 2 aromatic heterocycles.